The first-order chi connectivity index (χ1) is 23.5. The molecule has 1 aromatic heterocycles. The Kier molecular flexibility index (Phi) is 8.31. The summed E-state index contributed by atoms with van der Waals surface area (Å²) in [5.74, 6) is -1.27. The molecule has 2 bridgehead atoms. The molecule has 254 valence electrons. The molecule has 2 saturated heterocycles. The average Bonchev–Trinajstić information content (AvgIpc) is 3.85. The first kappa shape index (κ1) is 32.3. The van der Waals surface area contributed by atoms with Crippen molar-refractivity contribution in [2.45, 2.75) is 38.3 Å². The van der Waals surface area contributed by atoms with E-state index in [9.17, 15) is 18.8 Å². The standard InChI is InChI=1S/C36H35F2N5O6/c1-20-14-24-18-42(2)19-28(20)43(24)35(46)49-32-17-27-25(16-31(32)47-3)29(10-13-39-27)48-30-9-8-23(15-26(30)38)41-34(45)36(11-12-36)33(44)40-22-6-4-21(37)5-7-22/h4-10,13,15-17,20,24,28H,11-12,14,18-19H2,1-3H3,(H,40,44)(H,41,45)/t20-,24?,28?/m1/s1. The maximum absolute atomic E-state index is 15.3. The Morgan fingerprint density at radius 2 is 1.59 bits per heavy atom. The molecule has 7 rings (SSSR count). The minimum atomic E-state index is -1.30. The highest BCUT2D eigenvalue weighted by Crippen LogP contribution is 2.48. The topological polar surface area (TPSA) is 122 Å². The minimum absolute atomic E-state index is 0.0672. The summed E-state index contributed by atoms with van der Waals surface area (Å²) >= 11 is 0. The first-order valence-corrected chi connectivity index (χ1v) is 16.1. The van der Waals surface area contributed by atoms with Crippen molar-refractivity contribution in [3.05, 3.63) is 78.5 Å². The predicted octanol–water partition coefficient (Wildman–Crippen LogP) is 6.19. The number of halogens is 2. The molecule has 0 spiro atoms. The van der Waals surface area contributed by atoms with E-state index >= 15 is 4.39 Å². The summed E-state index contributed by atoms with van der Waals surface area (Å²) in [6.07, 6.45) is 2.63. The Balaban J connectivity index is 1.05. The van der Waals surface area contributed by atoms with Gasteiger partial charge >= 0.3 is 6.09 Å². The molecule has 3 aliphatic rings. The lowest BCUT2D eigenvalue weighted by molar-refractivity contribution is -0.131. The number of ether oxygens (including phenoxy) is 3. The zero-order valence-electron chi connectivity index (χ0n) is 27.2. The van der Waals surface area contributed by atoms with Crippen molar-refractivity contribution in [3.63, 3.8) is 0 Å². The van der Waals surface area contributed by atoms with Crippen molar-refractivity contribution in [1.82, 2.24) is 14.8 Å². The minimum Gasteiger partial charge on any atom is -0.493 e. The number of aromatic nitrogens is 1. The summed E-state index contributed by atoms with van der Waals surface area (Å²) in [6.45, 7) is 3.72. The van der Waals surface area contributed by atoms with Crippen LogP contribution in [0.3, 0.4) is 0 Å². The third-order valence-electron chi connectivity index (χ3n) is 9.60. The van der Waals surface area contributed by atoms with E-state index in [1.54, 1.807) is 18.2 Å². The number of likely N-dealkylation sites (tertiary alicyclic amines) is 1. The molecular weight excluding hydrogens is 636 g/mol. The van der Waals surface area contributed by atoms with Crippen LogP contribution in [0, 0.1) is 23.0 Å². The Morgan fingerprint density at radius 3 is 2.27 bits per heavy atom. The van der Waals surface area contributed by atoms with Crippen LogP contribution in [-0.4, -0.2) is 72.0 Å². The number of carbonyl (C=O) groups is 3. The zero-order valence-corrected chi connectivity index (χ0v) is 27.2. The maximum Gasteiger partial charge on any atom is 0.415 e. The van der Waals surface area contributed by atoms with E-state index in [0.29, 0.717) is 35.3 Å². The number of carbonyl (C=O) groups excluding carboxylic acids is 3. The van der Waals surface area contributed by atoms with Crippen molar-refractivity contribution in [3.8, 4) is 23.0 Å². The number of likely N-dealkylation sites (N-methyl/N-ethyl adjacent to an activating group) is 1. The number of pyridine rings is 1. The van der Waals surface area contributed by atoms with Gasteiger partial charge in [-0.25, -0.2) is 13.6 Å². The molecule has 3 amide bonds. The van der Waals surface area contributed by atoms with Gasteiger partial charge in [-0.2, -0.15) is 0 Å². The molecule has 13 heteroatoms. The Labute approximate surface area is 281 Å². The van der Waals surface area contributed by atoms with Crippen LogP contribution in [0.15, 0.2) is 66.9 Å². The van der Waals surface area contributed by atoms with Crippen LogP contribution in [0.4, 0.5) is 25.0 Å². The highest BCUT2D eigenvalue weighted by atomic mass is 19.1. The van der Waals surface area contributed by atoms with Crippen LogP contribution in [0.2, 0.25) is 0 Å². The second-order valence-electron chi connectivity index (χ2n) is 13.0. The van der Waals surface area contributed by atoms with Gasteiger partial charge in [-0.05, 0) is 80.8 Å². The van der Waals surface area contributed by atoms with Gasteiger partial charge in [0.2, 0.25) is 11.8 Å². The number of hydrogen-bond acceptors (Lipinski definition) is 8. The lowest BCUT2D eigenvalue weighted by Crippen LogP contribution is -2.56. The van der Waals surface area contributed by atoms with Gasteiger partial charge in [-0.15, -0.1) is 0 Å². The summed E-state index contributed by atoms with van der Waals surface area (Å²) in [4.78, 5) is 47.8. The van der Waals surface area contributed by atoms with Crippen LogP contribution >= 0.6 is 0 Å². The number of nitrogens with zero attached hydrogens (tertiary/aromatic N) is 3. The Morgan fingerprint density at radius 1 is 0.878 bits per heavy atom. The molecule has 0 radical (unpaired) electrons. The average molecular weight is 672 g/mol. The van der Waals surface area contributed by atoms with Gasteiger partial charge in [-0.3, -0.25) is 19.5 Å². The molecule has 3 atom stereocenters. The first-order valence-electron chi connectivity index (χ1n) is 16.1. The predicted molar refractivity (Wildman–Crippen MR) is 177 cm³/mol. The molecule has 2 unspecified atom stereocenters. The number of benzene rings is 3. The van der Waals surface area contributed by atoms with Crippen molar-refractivity contribution < 1.29 is 37.4 Å². The molecule has 3 aromatic carbocycles. The highest BCUT2D eigenvalue weighted by molar-refractivity contribution is 6.16. The lowest BCUT2D eigenvalue weighted by atomic mass is 10.0. The van der Waals surface area contributed by atoms with Crippen LogP contribution < -0.4 is 24.8 Å². The summed E-state index contributed by atoms with van der Waals surface area (Å²) < 4.78 is 46.0. The van der Waals surface area contributed by atoms with Crippen LogP contribution in [0.25, 0.3) is 10.9 Å². The van der Waals surface area contributed by atoms with Crippen molar-refractivity contribution in [2.24, 2.45) is 11.3 Å². The molecule has 2 N–H and O–H groups in total. The lowest BCUT2D eigenvalue weighted by Gasteiger charge is -2.39. The second kappa shape index (κ2) is 12.6. The van der Waals surface area contributed by atoms with Crippen molar-refractivity contribution in [1.29, 1.82) is 0 Å². The number of methoxy groups -OCH3 is 1. The molecule has 2 aliphatic heterocycles. The fourth-order valence-electron chi connectivity index (χ4n) is 6.81. The van der Waals surface area contributed by atoms with Gasteiger partial charge in [0.1, 0.15) is 17.0 Å². The summed E-state index contributed by atoms with van der Waals surface area (Å²) in [7, 11) is 3.52. The normalized spacial score (nSPS) is 20.8. The SMILES string of the molecule is COc1cc2c(Oc3ccc(NC(=O)C4(C(=O)Nc5ccc(F)cc5)CC4)cc3F)ccnc2cc1OC(=O)N1C2C[C@@H](C)C1CN(C)C2. The Hall–Kier alpha value is -5.30. The molecule has 1 aliphatic carbocycles. The van der Waals surface area contributed by atoms with E-state index in [1.165, 1.54) is 49.7 Å². The van der Waals surface area contributed by atoms with E-state index in [1.807, 2.05) is 4.90 Å². The monoisotopic (exact) mass is 671 g/mol. The van der Waals surface area contributed by atoms with Gasteiger partial charge in [0.25, 0.3) is 0 Å². The molecule has 11 nitrogen and oxygen atoms in total. The summed E-state index contributed by atoms with van der Waals surface area (Å²) in [5, 5.41) is 5.76. The quantitative estimate of drug-likeness (QED) is 0.213. The van der Waals surface area contributed by atoms with Crippen LogP contribution in [0.1, 0.15) is 26.2 Å². The number of hydrogen-bond donors (Lipinski definition) is 2. The molecule has 3 heterocycles. The molecule has 4 aromatic rings. The van der Waals surface area contributed by atoms with Gasteiger partial charge < -0.3 is 29.7 Å². The van der Waals surface area contributed by atoms with E-state index in [-0.39, 0.29) is 40.8 Å². The zero-order chi connectivity index (χ0) is 34.4. The number of nitrogens with one attached hydrogen (secondary N) is 2. The number of rotatable bonds is 8. The number of fused-ring (bicyclic) bond motifs is 3. The number of anilines is 2. The number of piperazine rings is 1. The van der Waals surface area contributed by atoms with Gasteiger partial charge in [-0.1, -0.05) is 6.92 Å². The second-order valence-corrected chi connectivity index (χ2v) is 13.0. The number of amides is 3. The van der Waals surface area contributed by atoms with Crippen molar-refractivity contribution in [2.75, 3.05) is 37.9 Å². The molecule has 49 heavy (non-hydrogen) atoms. The maximum atomic E-state index is 15.3. The van der Waals surface area contributed by atoms with Gasteiger partial charge in [0.15, 0.2) is 23.1 Å². The Bertz CT molecular complexity index is 1950. The van der Waals surface area contributed by atoms with E-state index in [0.717, 1.165) is 25.6 Å². The third kappa shape index (κ3) is 6.21. The third-order valence-corrected chi connectivity index (χ3v) is 9.60. The van der Waals surface area contributed by atoms with E-state index < -0.39 is 35.0 Å². The van der Waals surface area contributed by atoms with E-state index in [2.05, 4.69) is 34.5 Å². The van der Waals surface area contributed by atoms with Crippen molar-refractivity contribution >= 4 is 40.2 Å². The molecular formula is C36H35F2N5O6. The van der Waals surface area contributed by atoms with Gasteiger partial charge in [0, 0.05) is 54.2 Å². The fraction of sp³-hybridized carbons (Fsp3) is 0.333. The highest BCUT2D eigenvalue weighted by Gasteiger charge is 2.56. The van der Waals surface area contributed by atoms with Gasteiger partial charge in [0.05, 0.1) is 18.7 Å². The summed E-state index contributed by atoms with van der Waals surface area (Å²) in [6, 6.07) is 14.1. The largest absolute Gasteiger partial charge is 0.493 e. The van der Waals surface area contributed by atoms with Crippen LogP contribution in [-0.2, 0) is 9.59 Å². The smallest absolute Gasteiger partial charge is 0.415 e. The van der Waals surface area contributed by atoms with E-state index in [4.69, 9.17) is 14.2 Å². The molecule has 1 saturated carbocycles. The molecule has 3 fully saturated rings. The fourth-order valence-corrected chi connectivity index (χ4v) is 6.81. The van der Waals surface area contributed by atoms with Crippen LogP contribution in [0.5, 0.6) is 23.0 Å². The summed E-state index contributed by atoms with van der Waals surface area (Å²) in [5.41, 5.74) is -0.353.